The fourth-order valence-electron chi connectivity index (χ4n) is 1.98. The van der Waals surface area contributed by atoms with Crippen LogP contribution < -0.4 is 0 Å². The minimum Gasteiger partial charge on any atom is -0.334 e. The number of nitrogens with one attached hydrogen (secondary N) is 1. The molecule has 0 spiro atoms. The SMILES string of the molecule is CN(Cc1ncn[nH]1)C(=O)c1cnn(-c2ccccc2)c1. The van der Waals surface area contributed by atoms with Gasteiger partial charge in [-0.05, 0) is 12.1 Å². The van der Waals surface area contributed by atoms with Gasteiger partial charge in [-0.2, -0.15) is 10.2 Å². The van der Waals surface area contributed by atoms with Crippen LogP contribution in [0.1, 0.15) is 16.2 Å². The van der Waals surface area contributed by atoms with Crippen LogP contribution in [-0.4, -0.2) is 42.8 Å². The van der Waals surface area contributed by atoms with Gasteiger partial charge in [-0.15, -0.1) is 0 Å². The summed E-state index contributed by atoms with van der Waals surface area (Å²) in [5, 5.41) is 10.7. The number of hydrogen-bond donors (Lipinski definition) is 1. The van der Waals surface area contributed by atoms with E-state index in [1.807, 2.05) is 30.3 Å². The third-order valence-electron chi connectivity index (χ3n) is 3.05. The molecule has 2 aromatic heterocycles. The van der Waals surface area contributed by atoms with Crippen LogP contribution in [-0.2, 0) is 6.54 Å². The minimum absolute atomic E-state index is 0.117. The van der Waals surface area contributed by atoms with Crippen LogP contribution in [0.25, 0.3) is 5.69 Å². The first-order chi connectivity index (χ1) is 10.2. The highest BCUT2D eigenvalue weighted by Gasteiger charge is 2.15. The lowest BCUT2D eigenvalue weighted by molar-refractivity contribution is 0.0781. The molecule has 0 bridgehead atoms. The first kappa shape index (κ1) is 13.0. The zero-order valence-electron chi connectivity index (χ0n) is 11.5. The highest BCUT2D eigenvalue weighted by Crippen LogP contribution is 2.10. The number of carbonyl (C=O) groups is 1. The predicted molar refractivity (Wildman–Crippen MR) is 75.7 cm³/mol. The summed E-state index contributed by atoms with van der Waals surface area (Å²) in [5.41, 5.74) is 1.44. The first-order valence-corrected chi connectivity index (χ1v) is 6.44. The van der Waals surface area contributed by atoms with Crippen LogP contribution in [0.4, 0.5) is 0 Å². The third kappa shape index (κ3) is 2.81. The van der Waals surface area contributed by atoms with Gasteiger partial charge in [0.05, 0.1) is 24.0 Å². The third-order valence-corrected chi connectivity index (χ3v) is 3.05. The molecule has 0 aliphatic heterocycles. The van der Waals surface area contributed by atoms with Gasteiger partial charge in [0.1, 0.15) is 12.2 Å². The van der Waals surface area contributed by atoms with Crippen LogP contribution in [0.2, 0.25) is 0 Å². The summed E-state index contributed by atoms with van der Waals surface area (Å²) in [7, 11) is 1.71. The molecule has 0 aliphatic rings. The van der Waals surface area contributed by atoms with Crippen molar-refractivity contribution >= 4 is 5.91 Å². The Morgan fingerprint density at radius 1 is 1.33 bits per heavy atom. The minimum atomic E-state index is -0.117. The zero-order chi connectivity index (χ0) is 14.7. The molecule has 0 aliphatic carbocycles. The zero-order valence-corrected chi connectivity index (χ0v) is 11.5. The molecule has 0 saturated carbocycles. The van der Waals surface area contributed by atoms with Crippen molar-refractivity contribution in [1.29, 1.82) is 0 Å². The monoisotopic (exact) mass is 282 g/mol. The molecule has 7 nitrogen and oxygen atoms in total. The molecular formula is C14H14N6O. The van der Waals surface area contributed by atoms with E-state index in [0.29, 0.717) is 17.9 Å². The predicted octanol–water partition coefficient (Wildman–Crippen LogP) is 1.26. The summed E-state index contributed by atoms with van der Waals surface area (Å²) in [4.78, 5) is 17.9. The Kier molecular flexibility index (Phi) is 3.46. The maximum atomic E-state index is 12.3. The normalized spacial score (nSPS) is 10.5. The lowest BCUT2D eigenvalue weighted by atomic mass is 10.3. The number of para-hydroxylation sites is 1. The number of aromatic nitrogens is 5. The molecule has 0 atom stereocenters. The van der Waals surface area contributed by atoms with Crippen molar-refractivity contribution in [2.45, 2.75) is 6.54 Å². The summed E-state index contributed by atoms with van der Waals surface area (Å²) in [6, 6.07) is 9.65. The average Bonchev–Trinajstić information content (AvgIpc) is 3.18. The van der Waals surface area contributed by atoms with E-state index in [-0.39, 0.29) is 5.91 Å². The van der Waals surface area contributed by atoms with E-state index < -0.39 is 0 Å². The van der Waals surface area contributed by atoms with E-state index in [4.69, 9.17) is 0 Å². The van der Waals surface area contributed by atoms with E-state index in [2.05, 4.69) is 20.3 Å². The van der Waals surface area contributed by atoms with E-state index in [9.17, 15) is 4.79 Å². The number of amides is 1. The Morgan fingerprint density at radius 2 is 2.14 bits per heavy atom. The van der Waals surface area contributed by atoms with E-state index in [1.165, 1.54) is 6.33 Å². The van der Waals surface area contributed by atoms with E-state index in [1.54, 1.807) is 29.0 Å². The maximum Gasteiger partial charge on any atom is 0.257 e. The largest absolute Gasteiger partial charge is 0.334 e. The van der Waals surface area contributed by atoms with Crippen molar-refractivity contribution < 1.29 is 4.79 Å². The second-order valence-electron chi connectivity index (χ2n) is 4.60. The summed E-state index contributed by atoms with van der Waals surface area (Å²) in [6.07, 6.45) is 4.70. The summed E-state index contributed by atoms with van der Waals surface area (Å²) in [5.74, 6) is 0.523. The highest BCUT2D eigenvalue weighted by atomic mass is 16.2. The molecule has 21 heavy (non-hydrogen) atoms. The average molecular weight is 282 g/mol. The number of carbonyl (C=O) groups excluding carboxylic acids is 1. The molecule has 1 amide bonds. The van der Waals surface area contributed by atoms with Gasteiger partial charge in [-0.25, -0.2) is 9.67 Å². The van der Waals surface area contributed by atoms with Gasteiger partial charge in [-0.1, -0.05) is 18.2 Å². The Morgan fingerprint density at radius 3 is 2.86 bits per heavy atom. The molecular weight excluding hydrogens is 268 g/mol. The quantitative estimate of drug-likeness (QED) is 0.781. The Labute approximate surface area is 121 Å². The standard InChI is InChI=1S/C14H14N6O/c1-19(9-13-15-10-16-18-13)14(21)11-7-17-20(8-11)12-5-3-2-4-6-12/h2-8,10H,9H2,1H3,(H,15,16,18). The smallest absolute Gasteiger partial charge is 0.257 e. The Hall–Kier alpha value is -2.96. The number of hydrogen-bond acceptors (Lipinski definition) is 4. The van der Waals surface area contributed by atoms with Crippen LogP contribution in [0, 0.1) is 0 Å². The van der Waals surface area contributed by atoms with Crippen LogP contribution in [0.15, 0.2) is 49.1 Å². The fraction of sp³-hybridized carbons (Fsp3) is 0.143. The van der Waals surface area contributed by atoms with Gasteiger partial charge in [0, 0.05) is 13.2 Å². The topological polar surface area (TPSA) is 79.7 Å². The molecule has 0 radical (unpaired) electrons. The second-order valence-corrected chi connectivity index (χ2v) is 4.60. The number of rotatable bonds is 4. The molecule has 2 heterocycles. The van der Waals surface area contributed by atoms with Crippen molar-refractivity contribution in [3.8, 4) is 5.69 Å². The second kappa shape index (κ2) is 5.58. The van der Waals surface area contributed by atoms with Crippen molar-refractivity contribution in [3.63, 3.8) is 0 Å². The van der Waals surface area contributed by atoms with E-state index in [0.717, 1.165) is 5.69 Å². The lowest BCUT2D eigenvalue weighted by Crippen LogP contribution is -2.26. The van der Waals surface area contributed by atoms with Crippen molar-refractivity contribution in [2.24, 2.45) is 0 Å². The van der Waals surface area contributed by atoms with Gasteiger partial charge < -0.3 is 4.90 Å². The van der Waals surface area contributed by atoms with Crippen LogP contribution >= 0.6 is 0 Å². The van der Waals surface area contributed by atoms with Gasteiger partial charge >= 0.3 is 0 Å². The molecule has 0 saturated heterocycles. The summed E-state index contributed by atoms with van der Waals surface area (Å²) >= 11 is 0. The maximum absolute atomic E-state index is 12.3. The van der Waals surface area contributed by atoms with Crippen LogP contribution in [0.5, 0.6) is 0 Å². The molecule has 0 unspecified atom stereocenters. The highest BCUT2D eigenvalue weighted by molar-refractivity contribution is 5.93. The molecule has 1 aromatic carbocycles. The van der Waals surface area contributed by atoms with Crippen molar-refractivity contribution in [3.05, 3.63) is 60.4 Å². The molecule has 106 valence electrons. The van der Waals surface area contributed by atoms with Crippen molar-refractivity contribution in [2.75, 3.05) is 7.05 Å². The number of H-pyrrole nitrogens is 1. The number of benzene rings is 1. The van der Waals surface area contributed by atoms with Gasteiger partial charge in [0.25, 0.3) is 5.91 Å². The number of aromatic amines is 1. The molecule has 3 rings (SSSR count). The molecule has 0 fully saturated rings. The molecule has 1 N–H and O–H groups in total. The molecule has 7 heteroatoms. The first-order valence-electron chi connectivity index (χ1n) is 6.44. The summed E-state index contributed by atoms with van der Waals surface area (Å²) in [6.45, 7) is 0.370. The lowest BCUT2D eigenvalue weighted by Gasteiger charge is -2.13. The van der Waals surface area contributed by atoms with Gasteiger partial charge in [0.15, 0.2) is 0 Å². The van der Waals surface area contributed by atoms with Gasteiger partial charge in [-0.3, -0.25) is 9.89 Å². The van der Waals surface area contributed by atoms with Crippen LogP contribution in [0.3, 0.4) is 0 Å². The Bertz CT molecular complexity index is 719. The molecule has 3 aromatic rings. The van der Waals surface area contributed by atoms with Gasteiger partial charge in [0.2, 0.25) is 0 Å². The number of nitrogens with zero attached hydrogens (tertiary/aromatic N) is 5. The van der Waals surface area contributed by atoms with Crippen molar-refractivity contribution in [1.82, 2.24) is 29.9 Å². The van der Waals surface area contributed by atoms with E-state index >= 15 is 0 Å². The summed E-state index contributed by atoms with van der Waals surface area (Å²) < 4.78 is 1.68. The fourth-order valence-corrected chi connectivity index (χ4v) is 1.98. The Balaban J connectivity index is 1.75.